The number of aryl methyl sites for hydroxylation is 1. The number of rotatable bonds is 3. The maximum Gasteiger partial charge on any atom is 0.408 e. The lowest BCUT2D eigenvalue weighted by molar-refractivity contribution is 0.0535. The summed E-state index contributed by atoms with van der Waals surface area (Å²) in [7, 11) is 0. The zero-order chi connectivity index (χ0) is 21.7. The van der Waals surface area contributed by atoms with E-state index in [-0.39, 0.29) is 12.4 Å². The van der Waals surface area contributed by atoms with Gasteiger partial charge in [-0.1, -0.05) is 30.0 Å². The smallest absolute Gasteiger partial charge is 0.408 e. The molecule has 6 heteroatoms. The van der Waals surface area contributed by atoms with Crippen molar-refractivity contribution < 1.29 is 14.6 Å². The summed E-state index contributed by atoms with van der Waals surface area (Å²) in [5, 5.41) is 13.8. The molecule has 0 aliphatic carbocycles. The van der Waals surface area contributed by atoms with Crippen LogP contribution in [0.4, 0.5) is 10.5 Å². The van der Waals surface area contributed by atoms with Gasteiger partial charge in [0.25, 0.3) is 0 Å². The standard InChI is InChI=1S/C24H25N3O3/c1-16-8-5-11-18(14-16)26-15-19-21-17(9-6-12-20(21)27-22(19)28)10-7-13-25-23(29)30-24(2,3)4/h5-6,8-9,11-12,14-15,27-28H,13H2,1-4H3,(H,25,29). The molecule has 3 N–H and O–H groups in total. The molecular formula is C24H25N3O3. The van der Waals surface area contributed by atoms with Crippen molar-refractivity contribution in [2.24, 2.45) is 4.99 Å². The number of alkyl carbamates (subject to hydrolysis) is 1. The van der Waals surface area contributed by atoms with Gasteiger partial charge in [0.1, 0.15) is 5.60 Å². The Labute approximate surface area is 176 Å². The second-order valence-corrected chi connectivity index (χ2v) is 7.87. The number of carbonyl (C=O) groups excluding carboxylic acids is 1. The molecule has 30 heavy (non-hydrogen) atoms. The summed E-state index contributed by atoms with van der Waals surface area (Å²) in [6.07, 6.45) is 1.12. The summed E-state index contributed by atoms with van der Waals surface area (Å²) in [6, 6.07) is 13.4. The van der Waals surface area contributed by atoms with E-state index in [2.05, 4.69) is 27.1 Å². The quantitative estimate of drug-likeness (QED) is 0.433. The minimum absolute atomic E-state index is 0.0301. The molecule has 0 saturated heterocycles. The molecule has 1 heterocycles. The minimum atomic E-state index is -0.558. The first-order chi connectivity index (χ1) is 14.2. The van der Waals surface area contributed by atoms with Crippen LogP contribution in [0.25, 0.3) is 10.9 Å². The van der Waals surface area contributed by atoms with E-state index in [9.17, 15) is 9.90 Å². The number of aromatic nitrogens is 1. The third-order valence-corrected chi connectivity index (χ3v) is 4.13. The first kappa shape index (κ1) is 21.0. The highest BCUT2D eigenvalue weighted by molar-refractivity contribution is 6.05. The molecule has 0 saturated carbocycles. The lowest BCUT2D eigenvalue weighted by Crippen LogP contribution is -2.32. The highest BCUT2D eigenvalue weighted by Crippen LogP contribution is 2.29. The van der Waals surface area contributed by atoms with Crippen molar-refractivity contribution in [2.75, 3.05) is 6.54 Å². The van der Waals surface area contributed by atoms with E-state index in [4.69, 9.17) is 4.74 Å². The Hall–Kier alpha value is -3.72. The molecule has 0 aliphatic heterocycles. The van der Waals surface area contributed by atoms with Gasteiger partial charge < -0.3 is 20.1 Å². The summed E-state index contributed by atoms with van der Waals surface area (Å²) in [5.41, 5.74) is 3.39. The van der Waals surface area contributed by atoms with Crippen LogP contribution in [0.3, 0.4) is 0 Å². The second-order valence-electron chi connectivity index (χ2n) is 7.87. The molecule has 3 rings (SSSR count). The number of hydrogen-bond acceptors (Lipinski definition) is 4. The van der Waals surface area contributed by atoms with Crippen LogP contribution < -0.4 is 5.32 Å². The fourth-order valence-electron chi connectivity index (χ4n) is 2.91. The summed E-state index contributed by atoms with van der Waals surface area (Å²) >= 11 is 0. The number of hydrogen-bond donors (Lipinski definition) is 3. The van der Waals surface area contributed by atoms with Crippen molar-refractivity contribution in [2.45, 2.75) is 33.3 Å². The Morgan fingerprint density at radius 3 is 2.77 bits per heavy atom. The molecule has 1 aromatic heterocycles. The Bertz CT molecular complexity index is 1160. The van der Waals surface area contributed by atoms with Crippen molar-refractivity contribution in [3.8, 4) is 17.7 Å². The van der Waals surface area contributed by atoms with Crippen LogP contribution >= 0.6 is 0 Å². The van der Waals surface area contributed by atoms with Gasteiger partial charge >= 0.3 is 6.09 Å². The fraction of sp³-hybridized carbons (Fsp3) is 0.250. The zero-order valence-electron chi connectivity index (χ0n) is 17.5. The lowest BCUT2D eigenvalue weighted by Gasteiger charge is -2.19. The number of nitrogens with zero attached hydrogens (tertiary/aromatic N) is 1. The number of ether oxygens (including phenoxy) is 1. The molecule has 0 fully saturated rings. The minimum Gasteiger partial charge on any atom is -0.494 e. The van der Waals surface area contributed by atoms with Gasteiger partial charge in [-0.25, -0.2) is 4.79 Å². The number of aliphatic imine (C=N–C) groups is 1. The first-order valence-electron chi connectivity index (χ1n) is 9.63. The topological polar surface area (TPSA) is 86.7 Å². The number of carbonyl (C=O) groups is 1. The molecule has 3 aromatic rings. The van der Waals surface area contributed by atoms with E-state index >= 15 is 0 Å². The SMILES string of the molecule is Cc1cccc(N=Cc2c(O)[nH]c3cccc(C#CCNC(=O)OC(C)(C)C)c23)c1. The van der Waals surface area contributed by atoms with Gasteiger partial charge in [-0.2, -0.15) is 0 Å². The molecule has 6 nitrogen and oxygen atoms in total. The number of H-pyrrole nitrogens is 1. The van der Waals surface area contributed by atoms with E-state index in [1.165, 1.54) is 0 Å². The van der Waals surface area contributed by atoms with E-state index < -0.39 is 11.7 Å². The highest BCUT2D eigenvalue weighted by atomic mass is 16.6. The number of fused-ring (bicyclic) bond motifs is 1. The van der Waals surface area contributed by atoms with Gasteiger partial charge in [-0.3, -0.25) is 4.99 Å². The molecule has 2 aromatic carbocycles. The van der Waals surface area contributed by atoms with Crippen LogP contribution in [0.5, 0.6) is 5.88 Å². The number of aromatic amines is 1. The first-order valence-corrected chi connectivity index (χ1v) is 9.63. The van der Waals surface area contributed by atoms with E-state index in [1.807, 2.05) is 49.4 Å². The highest BCUT2D eigenvalue weighted by Gasteiger charge is 2.15. The molecule has 0 radical (unpaired) electrons. The lowest BCUT2D eigenvalue weighted by atomic mass is 10.1. The fourth-order valence-corrected chi connectivity index (χ4v) is 2.91. The molecule has 0 spiro atoms. The Balaban J connectivity index is 1.84. The molecule has 0 unspecified atom stereocenters. The van der Waals surface area contributed by atoms with Gasteiger partial charge in [-0.05, 0) is 57.5 Å². The molecule has 0 atom stereocenters. The van der Waals surface area contributed by atoms with Crippen molar-refractivity contribution in [1.29, 1.82) is 0 Å². The van der Waals surface area contributed by atoms with Crippen LogP contribution in [0, 0.1) is 18.8 Å². The zero-order valence-corrected chi connectivity index (χ0v) is 17.5. The molecule has 0 aliphatic rings. The van der Waals surface area contributed by atoms with Crippen molar-refractivity contribution in [3.05, 3.63) is 59.2 Å². The summed E-state index contributed by atoms with van der Waals surface area (Å²) in [4.78, 5) is 19.2. The van der Waals surface area contributed by atoms with Gasteiger partial charge in [0.2, 0.25) is 0 Å². The largest absolute Gasteiger partial charge is 0.494 e. The van der Waals surface area contributed by atoms with E-state index in [1.54, 1.807) is 27.0 Å². The van der Waals surface area contributed by atoms with Crippen LogP contribution in [0.15, 0.2) is 47.5 Å². The van der Waals surface area contributed by atoms with Gasteiger partial charge in [0.05, 0.1) is 23.3 Å². The van der Waals surface area contributed by atoms with Crippen LogP contribution in [-0.4, -0.2) is 34.5 Å². The van der Waals surface area contributed by atoms with E-state index in [0.717, 1.165) is 27.7 Å². The maximum atomic E-state index is 11.7. The predicted molar refractivity (Wildman–Crippen MR) is 120 cm³/mol. The third-order valence-electron chi connectivity index (χ3n) is 4.13. The van der Waals surface area contributed by atoms with Gasteiger partial charge in [0.15, 0.2) is 5.88 Å². The normalized spacial score (nSPS) is 11.3. The average Bonchev–Trinajstić information content (AvgIpc) is 2.98. The molecular weight excluding hydrogens is 378 g/mol. The summed E-state index contributed by atoms with van der Waals surface area (Å²) < 4.78 is 5.19. The number of nitrogens with one attached hydrogen (secondary N) is 2. The van der Waals surface area contributed by atoms with Crippen LogP contribution in [0.1, 0.15) is 37.5 Å². The van der Waals surface area contributed by atoms with E-state index in [0.29, 0.717) is 5.56 Å². The van der Waals surface area contributed by atoms with Crippen LogP contribution in [-0.2, 0) is 4.74 Å². The van der Waals surface area contributed by atoms with Crippen LogP contribution in [0.2, 0.25) is 0 Å². The Morgan fingerprint density at radius 2 is 2.03 bits per heavy atom. The van der Waals surface area contributed by atoms with Gasteiger partial charge in [0, 0.05) is 17.2 Å². The molecule has 154 valence electrons. The Morgan fingerprint density at radius 1 is 1.27 bits per heavy atom. The molecule has 1 amide bonds. The van der Waals surface area contributed by atoms with Crippen molar-refractivity contribution >= 4 is 28.9 Å². The summed E-state index contributed by atoms with van der Waals surface area (Å²) in [5.74, 6) is 6.01. The third kappa shape index (κ3) is 5.42. The monoisotopic (exact) mass is 403 g/mol. The number of amides is 1. The number of aromatic hydroxyl groups is 1. The maximum absolute atomic E-state index is 11.7. The predicted octanol–water partition coefficient (Wildman–Crippen LogP) is 4.81. The Kier molecular flexibility index (Phi) is 6.12. The second kappa shape index (κ2) is 8.75. The van der Waals surface area contributed by atoms with Crippen molar-refractivity contribution in [1.82, 2.24) is 10.3 Å². The number of benzene rings is 2. The molecule has 0 bridgehead atoms. The average molecular weight is 403 g/mol. The van der Waals surface area contributed by atoms with Gasteiger partial charge in [-0.15, -0.1) is 0 Å². The summed E-state index contributed by atoms with van der Waals surface area (Å²) in [6.45, 7) is 7.56. The van der Waals surface area contributed by atoms with Crippen molar-refractivity contribution in [3.63, 3.8) is 0 Å².